The van der Waals surface area contributed by atoms with Crippen LogP contribution in [0.15, 0.2) is 59.6 Å². The minimum atomic E-state index is 0.224. The highest BCUT2D eigenvalue weighted by Crippen LogP contribution is 2.22. The van der Waals surface area contributed by atoms with E-state index < -0.39 is 0 Å². The van der Waals surface area contributed by atoms with Crippen molar-refractivity contribution in [3.63, 3.8) is 0 Å². The number of anilines is 2. The van der Waals surface area contributed by atoms with Crippen molar-refractivity contribution in [1.29, 1.82) is 0 Å². The van der Waals surface area contributed by atoms with Gasteiger partial charge in [-0.3, -0.25) is 9.79 Å². The number of aliphatic imine (C=N–C) groups is 1. The molecule has 6 heteroatoms. The zero-order valence-corrected chi connectivity index (χ0v) is 17.0. The fourth-order valence-electron chi connectivity index (χ4n) is 4.04. The Morgan fingerprint density at radius 1 is 1.07 bits per heavy atom. The second-order valence-electron chi connectivity index (χ2n) is 7.65. The Bertz CT molecular complexity index is 849. The first-order valence-electron chi connectivity index (χ1n) is 10.4. The van der Waals surface area contributed by atoms with E-state index in [0.29, 0.717) is 19.0 Å². The first kappa shape index (κ1) is 19.3. The van der Waals surface area contributed by atoms with Crippen molar-refractivity contribution >= 4 is 23.2 Å². The highest BCUT2D eigenvalue weighted by molar-refractivity contribution is 5.95. The summed E-state index contributed by atoms with van der Waals surface area (Å²) >= 11 is 0. The van der Waals surface area contributed by atoms with Crippen molar-refractivity contribution in [2.45, 2.75) is 31.8 Å². The van der Waals surface area contributed by atoms with Crippen LogP contribution in [0.1, 0.15) is 24.8 Å². The van der Waals surface area contributed by atoms with E-state index >= 15 is 0 Å². The molecule has 2 aromatic carbocycles. The molecule has 1 atom stereocenters. The van der Waals surface area contributed by atoms with Gasteiger partial charge in [0.05, 0.1) is 0 Å². The number of hydrogen-bond donors (Lipinski definition) is 2. The van der Waals surface area contributed by atoms with Gasteiger partial charge in [-0.1, -0.05) is 30.3 Å². The second kappa shape index (κ2) is 8.99. The average Bonchev–Trinajstić information content (AvgIpc) is 3.41. The van der Waals surface area contributed by atoms with Crippen LogP contribution in [0.4, 0.5) is 11.4 Å². The lowest BCUT2D eigenvalue weighted by Crippen LogP contribution is -2.44. The third-order valence-corrected chi connectivity index (χ3v) is 5.66. The predicted octanol–water partition coefficient (Wildman–Crippen LogP) is 2.76. The fourth-order valence-corrected chi connectivity index (χ4v) is 4.04. The molecular formula is C23H29N5O. The molecule has 2 saturated heterocycles. The van der Waals surface area contributed by atoms with Crippen molar-refractivity contribution in [3.8, 4) is 0 Å². The first-order chi connectivity index (χ1) is 14.2. The molecule has 2 N–H and O–H groups in total. The number of carbonyl (C=O) groups is 1. The van der Waals surface area contributed by atoms with Crippen LogP contribution in [0, 0.1) is 0 Å². The van der Waals surface area contributed by atoms with Crippen LogP contribution in [-0.2, 0) is 11.3 Å². The maximum absolute atomic E-state index is 11.9. The minimum Gasteiger partial charge on any atom is -0.369 e. The zero-order chi connectivity index (χ0) is 20.1. The number of rotatable bonds is 5. The van der Waals surface area contributed by atoms with Crippen LogP contribution in [0.3, 0.4) is 0 Å². The average molecular weight is 392 g/mol. The number of carbonyl (C=O) groups excluding carboxylic acids is 1. The van der Waals surface area contributed by atoms with E-state index in [9.17, 15) is 4.79 Å². The van der Waals surface area contributed by atoms with Gasteiger partial charge in [-0.25, -0.2) is 0 Å². The van der Waals surface area contributed by atoms with Crippen LogP contribution in [-0.4, -0.2) is 44.6 Å². The number of benzene rings is 2. The molecule has 2 aliphatic heterocycles. The summed E-state index contributed by atoms with van der Waals surface area (Å²) in [6, 6.07) is 19.1. The predicted molar refractivity (Wildman–Crippen MR) is 118 cm³/mol. The van der Waals surface area contributed by atoms with Gasteiger partial charge in [0.25, 0.3) is 0 Å². The van der Waals surface area contributed by atoms with E-state index in [1.807, 2.05) is 17.0 Å². The third-order valence-electron chi connectivity index (χ3n) is 5.66. The third kappa shape index (κ3) is 4.70. The molecule has 0 radical (unpaired) electrons. The van der Waals surface area contributed by atoms with E-state index in [0.717, 1.165) is 44.1 Å². The summed E-state index contributed by atoms with van der Waals surface area (Å²) in [6.07, 6.45) is 2.70. The van der Waals surface area contributed by atoms with Gasteiger partial charge in [0.15, 0.2) is 5.96 Å². The van der Waals surface area contributed by atoms with Gasteiger partial charge >= 0.3 is 0 Å². The molecule has 1 amide bonds. The summed E-state index contributed by atoms with van der Waals surface area (Å²) in [5, 5.41) is 6.95. The number of nitrogens with zero attached hydrogens (tertiary/aromatic N) is 3. The Balaban J connectivity index is 1.27. The molecule has 2 aliphatic rings. The molecule has 0 aliphatic carbocycles. The Morgan fingerprint density at radius 3 is 2.55 bits per heavy atom. The monoisotopic (exact) mass is 391 g/mol. The maximum Gasteiger partial charge on any atom is 0.227 e. The van der Waals surface area contributed by atoms with Crippen molar-refractivity contribution in [2.75, 3.05) is 36.5 Å². The summed E-state index contributed by atoms with van der Waals surface area (Å²) < 4.78 is 0. The van der Waals surface area contributed by atoms with Gasteiger partial charge in [0.2, 0.25) is 5.91 Å². The van der Waals surface area contributed by atoms with E-state index in [2.05, 4.69) is 63.0 Å². The lowest BCUT2D eigenvalue weighted by molar-refractivity contribution is -0.117. The minimum absolute atomic E-state index is 0.224. The zero-order valence-electron chi connectivity index (χ0n) is 17.0. The first-order valence-corrected chi connectivity index (χ1v) is 10.4. The molecule has 0 bridgehead atoms. The van der Waals surface area contributed by atoms with E-state index in [1.54, 1.807) is 7.05 Å². The molecule has 0 spiro atoms. The SMILES string of the molecule is CN=C(NCc1ccc(N2CCCC2=O)cc1)NC1CCN(c2ccccc2)C1. The summed E-state index contributed by atoms with van der Waals surface area (Å²) in [6.45, 7) is 3.55. The summed E-state index contributed by atoms with van der Waals surface area (Å²) in [7, 11) is 1.81. The lowest BCUT2D eigenvalue weighted by atomic mass is 10.2. The normalized spacial score (nSPS) is 19.7. The van der Waals surface area contributed by atoms with Crippen LogP contribution >= 0.6 is 0 Å². The smallest absolute Gasteiger partial charge is 0.227 e. The number of hydrogen-bond acceptors (Lipinski definition) is 3. The fraction of sp³-hybridized carbons (Fsp3) is 0.391. The Kier molecular flexibility index (Phi) is 5.98. The van der Waals surface area contributed by atoms with Crippen molar-refractivity contribution < 1.29 is 4.79 Å². The molecule has 2 fully saturated rings. The Hall–Kier alpha value is -3.02. The van der Waals surface area contributed by atoms with Gasteiger partial charge in [0.1, 0.15) is 0 Å². The van der Waals surface area contributed by atoms with Crippen molar-refractivity contribution in [3.05, 3.63) is 60.2 Å². The van der Waals surface area contributed by atoms with Crippen LogP contribution in [0.25, 0.3) is 0 Å². The largest absolute Gasteiger partial charge is 0.369 e. The molecular weight excluding hydrogens is 362 g/mol. The lowest BCUT2D eigenvalue weighted by Gasteiger charge is -2.20. The van der Waals surface area contributed by atoms with E-state index in [4.69, 9.17) is 0 Å². The van der Waals surface area contributed by atoms with E-state index in [-0.39, 0.29) is 5.91 Å². The number of guanidine groups is 1. The summed E-state index contributed by atoms with van der Waals surface area (Å²) in [5.74, 6) is 1.05. The van der Waals surface area contributed by atoms with Crippen molar-refractivity contribution in [2.24, 2.45) is 4.99 Å². The maximum atomic E-state index is 11.9. The Labute approximate surface area is 172 Å². The van der Waals surface area contributed by atoms with Crippen LogP contribution < -0.4 is 20.4 Å². The number of amides is 1. The molecule has 1 unspecified atom stereocenters. The molecule has 29 heavy (non-hydrogen) atoms. The highest BCUT2D eigenvalue weighted by Gasteiger charge is 2.23. The molecule has 4 rings (SSSR count). The second-order valence-corrected chi connectivity index (χ2v) is 7.65. The highest BCUT2D eigenvalue weighted by atomic mass is 16.2. The van der Waals surface area contributed by atoms with Gasteiger partial charge in [0, 0.05) is 57.1 Å². The van der Waals surface area contributed by atoms with Crippen LogP contribution in [0.5, 0.6) is 0 Å². The molecule has 0 saturated carbocycles. The standard InChI is InChI=1S/C23H29N5O/c1-24-23(26-19-13-15-27(17-19)20-6-3-2-4-7-20)25-16-18-9-11-21(12-10-18)28-14-5-8-22(28)29/h2-4,6-7,9-12,19H,5,8,13-17H2,1H3,(H2,24,25,26). The Morgan fingerprint density at radius 2 is 1.86 bits per heavy atom. The summed E-state index contributed by atoms with van der Waals surface area (Å²) in [4.78, 5) is 20.5. The van der Waals surface area contributed by atoms with E-state index in [1.165, 1.54) is 11.3 Å². The molecule has 152 valence electrons. The van der Waals surface area contributed by atoms with Gasteiger partial charge in [-0.15, -0.1) is 0 Å². The molecule has 2 aromatic rings. The topological polar surface area (TPSA) is 60.0 Å². The number of nitrogens with one attached hydrogen (secondary N) is 2. The van der Waals surface area contributed by atoms with Crippen LogP contribution in [0.2, 0.25) is 0 Å². The van der Waals surface area contributed by atoms with Gasteiger partial charge in [-0.05, 0) is 42.7 Å². The quantitative estimate of drug-likeness (QED) is 0.608. The molecule has 6 nitrogen and oxygen atoms in total. The summed E-state index contributed by atoms with van der Waals surface area (Å²) in [5.41, 5.74) is 3.43. The van der Waals surface area contributed by atoms with Gasteiger partial charge in [-0.2, -0.15) is 0 Å². The number of para-hydroxylation sites is 1. The van der Waals surface area contributed by atoms with Crippen molar-refractivity contribution in [1.82, 2.24) is 10.6 Å². The van der Waals surface area contributed by atoms with Gasteiger partial charge < -0.3 is 20.4 Å². The molecule has 2 heterocycles. The molecule has 0 aromatic heterocycles.